The van der Waals surface area contributed by atoms with Crippen molar-refractivity contribution >= 4 is 30.1 Å². The highest BCUT2D eigenvalue weighted by Gasteiger charge is 2.37. The van der Waals surface area contributed by atoms with Crippen LogP contribution in [0.5, 0.6) is 0 Å². The van der Waals surface area contributed by atoms with E-state index in [-0.39, 0.29) is 12.4 Å². The molecule has 3 aliphatic rings. The monoisotopic (exact) mass is 320 g/mol. The van der Waals surface area contributed by atoms with Gasteiger partial charge in [0.25, 0.3) is 0 Å². The van der Waals surface area contributed by atoms with Gasteiger partial charge in [-0.15, -0.1) is 24.2 Å². The van der Waals surface area contributed by atoms with Crippen LogP contribution in [0.4, 0.5) is 0 Å². The number of carbonyl (C=O) groups is 1. The third-order valence-corrected chi connectivity index (χ3v) is 5.60. The molecule has 0 bridgehead atoms. The number of nitrogens with one attached hydrogen (secondary N) is 1. The van der Waals surface area contributed by atoms with Crippen LogP contribution >= 0.6 is 24.2 Å². The topological polar surface area (TPSA) is 41.6 Å². The van der Waals surface area contributed by atoms with Crippen molar-refractivity contribution in [3.63, 3.8) is 0 Å². The number of thioether (sulfide) groups is 1. The number of ether oxygens (including phenoxy) is 1. The maximum atomic E-state index is 12.2. The Morgan fingerprint density at radius 1 is 1.25 bits per heavy atom. The van der Waals surface area contributed by atoms with Crippen LogP contribution in [-0.2, 0) is 9.53 Å². The van der Waals surface area contributed by atoms with Gasteiger partial charge >= 0.3 is 0 Å². The highest BCUT2D eigenvalue weighted by molar-refractivity contribution is 7.99. The van der Waals surface area contributed by atoms with E-state index >= 15 is 0 Å². The summed E-state index contributed by atoms with van der Waals surface area (Å²) in [4.78, 5) is 14.2. The SMILES string of the molecule is Cl.O=C(CSCC1CCCCO1)N1C[C@H]2CNC[C@H]2C1. The van der Waals surface area contributed by atoms with Crippen LogP contribution in [0.15, 0.2) is 0 Å². The first-order chi connectivity index (χ1) is 9.33. The lowest BCUT2D eigenvalue weighted by atomic mass is 10.0. The van der Waals surface area contributed by atoms with E-state index in [1.54, 1.807) is 11.8 Å². The predicted octanol–water partition coefficient (Wildman–Crippen LogP) is 1.39. The summed E-state index contributed by atoms with van der Waals surface area (Å²) in [7, 11) is 0. The fourth-order valence-corrected chi connectivity index (χ4v) is 4.37. The van der Waals surface area contributed by atoms with E-state index in [2.05, 4.69) is 10.2 Å². The number of hydrogen-bond acceptors (Lipinski definition) is 4. The average Bonchev–Trinajstić information content (AvgIpc) is 3.00. The van der Waals surface area contributed by atoms with Crippen LogP contribution in [0, 0.1) is 11.8 Å². The second kappa shape index (κ2) is 7.87. The molecule has 20 heavy (non-hydrogen) atoms. The van der Waals surface area contributed by atoms with E-state index in [9.17, 15) is 4.79 Å². The summed E-state index contributed by atoms with van der Waals surface area (Å²) in [5.41, 5.74) is 0. The molecule has 3 saturated heterocycles. The molecule has 3 heterocycles. The minimum Gasteiger partial charge on any atom is -0.377 e. The highest BCUT2D eigenvalue weighted by Crippen LogP contribution is 2.27. The lowest BCUT2D eigenvalue weighted by Crippen LogP contribution is -2.33. The molecule has 1 N–H and O–H groups in total. The smallest absolute Gasteiger partial charge is 0.232 e. The lowest BCUT2D eigenvalue weighted by Gasteiger charge is -2.22. The predicted molar refractivity (Wildman–Crippen MR) is 84.6 cm³/mol. The molecule has 1 amide bonds. The third-order valence-electron chi connectivity index (χ3n) is 4.55. The molecule has 3 aliphatic heterocycles. The molecule has 4 nitrogen and oxygen atoms in total. The van der Waals surface area contributed by atoms with Gasteiger partial charge in [-0.05, 0) is 31.1 Å². The largest absolute Gasteiger partial charge is 0.377 e. The molecule has 0 aromatic carbocycles. The van der Waals surface area contributed by atoms with Crippen molar-refractivity contribution in [2.24, 2.45) is 11.8 Å². The summed E-state index contributed by atoms with van der Waals surface area (Å²) in [6.45, 7) is 5.03. The van der Waals surface area contributed by atoms with E-state index in [0.717, 1.165) is 38.5 Å². The summed E-state index contributed by atoms with van der Waals surface area (Å²) >= 11 is 1.75. The van der Waals surface area contributed by atoms with Crippen LogP contribution in [0.3, 0.4) is 0 Å². The van der Waals surface area contributed by atoms with Crippen molar-refractivity contribution in [2.75, 3.05) is 44.3 Å². The summed E-state index contributed by atoms with van der Waals surface area (Å²) in [6.07, 6.45) is 4.03. The van der Waals surface area contributed by atoms with Crippen LogP contribution in [-0.4, -0.2) is 61.2 Å². The highest BCUT2D eigenvalue weighted by atomic mass is 35.5. The Hall–Kier alpha value is 0.0300. The standard InChI is InChI=1S/C14H24N2O2S.ClH/c17-14(10-19-9-13-3-1-2-4-18-13)16-7-11-5-15-6-12(11)8-16;/h11-13,15H,1-10H2;1H/t11-,12+,13?;. The summed E-state index contributed by atoms with van der Waals surface area (Å²) in [5.74, 6) is 3.35. The molecule has 6 heteroatoms. The van der Waals surface area contributed by atoms with E-state index in [1.807, 2.05) is 0 Å². The maximum Gasteiger partial charge on any atom is 0.232 e. The van der Waals surface area contributed by atoms with Crippen molar-refractivity contribution in [1.82, 2.24) is 10.2 Å². The number of nitrogens with zero attached hydrogens (tertiary/aromatic N) is 1. The van der Waals surface area contributed by atoms with E-state index in [1.165, 1.54) is 19.3 Å². The molecular weight excluding hydrogens is 296 g/mol. The quantitative estimate of drug-likeness (QED) is 0.850. The minimum absolute atomic E-state index is 0. The van der Waals surface area contributed by atoms with Gasteiger partial charge in [-0.3, -0.25) is 4.79 Å². The zero-order valence-electron chi connectivity index (χ0n) is 11.9. The molecular formula is C14H25ClN2O2S. The normalized spacial score (nSPS) is 32.8. The number of fused-ring (bicyclic) bond motifs is 1. The molecule has 0 spiro atoms. The average molecular weight is 321 g/mol. The first-order valence-corrected chi connectivity index (χ1v) is 8.66. The van der Waals surface area contributed by atoms with Crippen molar-refractivity contribution in [1.29, 1.82) is 0 Å². The maximum absolute atomic E-state index is 12.2. The van der Waals surface area contributed by atoms with Gasteiger partial charge in [0, 0.05) is 38.5 Å². The van der Waals surface area contributed by atoms with Crippen molar-refractivity contribution in [2.45, 2.75) is 25.4 Å². The fourth-order valence-electron chi connectivity index (χ4n) is 3.37. The molecule has 1 unspecified atom stereocenters. The molecule has 0 saturated carbocycles. The van der Waals surface area contributed by atoms with E-state index in [0.29, 0.717) is 29.6 Å². The number of rotatable bonds is 4. The number of amides is 1. The number of halogens is 1. The van der Waals surface area contributed by atoms with Crippen molar-refractivity contribution in [3.8, 4) is 0 Å². The summed E-state index contributed by atoms with van der Waals surface area (Å²) in [6, 6.07) is 0. The molecule has 3 rings (SSSR count). The molecule has 3 atom stereocenters. The Kier molecular flexibility index (Phi) is 6.46. The van der Waals surface area contributed by atoms with Gasteiger partial charge in [-0.1, -0.05) is 0 Å². The summed E-state index contributed by atoms with van der Waals surface area (Å²) in [5, 5.41) is 3.41. The van der Waals surface area contributed by atoms with Crippen LogP contribution in [0.1, 0.15) is 19.3 Å². The molecule has 0 aliphatic carbocycles. The number of likely N-dealkylation sites (tertiary alicyclic amines) is 1. The Morgan fingerprint density at radius 3 is 2.65 bits per heavy atom. The van der Waals surface area contributed by atoms with Gasteiger partial charge < -0.3 is 15.0 Å². The first-order valence-electron chi connectivity index (χ1n) is 7.51. The Bertz CT molecular complexity index is 314. The fraction of sp³-hybridized carbons (Fsp3) is 0.929. The minimum atomic E-state index is 0. The first kappa shape index (κ1) is 16.4. The second-order valence-corrected chi connectivity index (χ2v) is 7.01. The van der Waals surface area contributed by atoms with Crippen LogP contribution in [0.2, 0.25) is 0 Å². The Labute approximate surface area is 131 Å². The third kappa shape index (κ3) is 4.03. The summed E-state index contributed by atoms with van der Waals surface area (Å²) < 4.78 is 5.69. The zero-order valence-corrected chi connectivity index (χ0v) is 13.5. The molecule has 3 fully saturated rings. The van der Waals surface area contributed by atoms with E-state index < -0.39 is 0 Å². The Morgan fingerprint density at radius 2 is 2.00 bits per heavy atom. The van der Waals surface area contributed by atoms with Gasteiger partial charge in [0.05, 0.1) is 11.9 Å². The Balaban J connectivity index is 0.00000147. The van der Waals surface area contributed by atoms with Gasteiger partial charge in [0.1, 0.15) is 0 Å². The van der Waals surface area contributed by atoms with Crippen LogP contribution < -0.4 is 5.32 Å². The van der Waals surface area contributed by atoms with E-state index in [4.69, 9.17) is 4.74 Å². The van der Waals surface area contributed by atoms with Gasteiger partial charge in [0.15, 0.2) is 0 Å². The number of carbonyl (C=O) groups excluding carboxylic acids is 1. The van der Waals surface area contributed by atoms with Gasteiger partial charge in [-0.25, -0.2) is 0 Å². The molecule has 0 aromatic rings. The zero-order chi connectivity index (χ0) is 13.1. The van der Waals surface area contributed by atoms with Crippen LogP contribution in [0.25, 0.3) is 0 Å². The lowest BCUT2D eigenvalue weighted by molar-refractivity contribution is -0.127. The van der Waals surface area contributed by atoms with Crippen molar-refractivity contribution < 1.29 is 9.53 Å². The number of hydrogen-bond donors (Lipinski definition) is 1. The molecule has 0 aromatic heterocycles. The van der Waals surface area contributed by atoms with Gasteiger partial charge in [-0.2, -0.15) is 0 Å². The van der Waals surface area contributed by atoms with Crippen molar-refractivity contribution in [3.05, 3.63) is 0 Å². The molecule has 0 radical (unpaired) electrons. The molecule has 116 valence electrons. The van der Waals surface area contributed by atoms with Gasteiger partial charge in [0.2, 0.25) is 5.91 Å². The second-order valence-electron chi connectivity index (χ2n) is 5.98.